The van der Waals surface area contributed by atoms with Crippen LogP contribution in [0.15, 0.2) is 40.3 Å². The summed E-state index contributed by atoms with van der Waals surface area (Å²) in [6, 6.07) is 4.38. The van der Waals surface area contributed by atoms with Crippen LogP contribution in [-0.2, 0) is 4.79 Å². The Morgan fingerprint density at radius 1 is 1.31 bits per heavy atom. The van der Waals surface area contributed by atoms with Crippen LogP contribution >= 0.6 is 11.8 Å². The van der Waals surface area contributed by atoms with Crippen molar-refractivity contribution in [3.05, 3.63) is 40.9 Å². The Bertz CT molecular complexity index is 897. The number of hydrogen-bond donors (Lipinski definition) is 1. The van der Waals surface area contributed by atoms with E-state index in [0.29, 0.717) is 30.2 Å². The first-order chi connectivity index (χ1) is 12.4. The van der Waals surface area contributed by atoms with Crippen LogP contribution in [-0.4, -0.2) is 62.0 Å². The van der Waals surface area contributed by atoms with Gasteiger partial charge in [0.25, 0.3) is 10.8 Å². The molecule has 0 spiro atoms. The molecule has 26 heavy (non-hydrogen) atoms. The van der Waals surface area contributed by atoms with Gasteiger partial charge in [-0.1, -0.05) is 0 Å². The molecule has 0 aliphatic carbocycles. The SMILES string of the molecule is CC(C)N1CCN(C(=O)Sc2cccn3c(=O)ccnc23)C(C(N)=O)C1. The highest BCUT2D eigenvalue weighted by Crippen LogP contribution is 2.26. The number of amides is 2. The first-order valence-corrected chi connectivity index (χ1v) is 9.18. The van der Waals surface area contributed by atoms with Gasteiger partial charge in [0.2, 0.25) is 5.91 Å². The number of rotatable bonds is 3. The van der Waals surface area contributed by atoms with E-state index in [1.54, 1.807) is 18.3 Å². The molecule has 3 rings (SSSR count). The summed E-state index contributed by atoms with van der Waals surface area (Å²) in [5, 5.41) is -0.275. The Morgan fingerprint density at radius 3 is 2.77 bits per heavy atom. The number of primary amides is 1. The minimum absolute atomic E-state index is 0.217. The van der Waals surface area contributed by atoms with Crippen LogP contribution in [0.5, 0.6) is 0 Å². The number of fused-ring (bicyclic) bond motifs is 1. The van der Waals surface area contributed by atoms with Crippen molar-refractivity contribution in [2.45, 2.75) is 30.8 Å². The summed E-state index contributed by atoms with van der Waals surface area (Å²) < 4.78 is 1.39. The molecule has 9 heteroatoms. The van der Waals surface area contributed by atoms with Crippen molar-refractivity contribution in [1.29, 1.82) is 0 Å². The molecule has 1 saturated heterocycles. The van der Waals surface area contributed by atoms with Gasteiger partial charge >= 0.3 is 0 Å². The minimum Gasteiger partial charge on any atom is -0.368 e. The van der Waals surface area contributed by atoms with E-state index in [9.17, 15) is 14.4 Å². The van der Waals surface area contributed by atoms with Crippen LogP contribution in [0.1, 0.15) is 13.8 Å². The topological polar surface area (TPSA) is 101 Å². The second kappa shape index (κ2) is 7.46. The van der Waals surface area contributed by atoms with E-state index in [1.807, 2.05) is 13.8 Å². The van der Waals surface area contributed by atoms with Crippen LogP contribution in [0.4, 0.5) is 4.79 Å². The molecule has 1 fully saturated rings. The van der Waals surface area contributed by atoms with Gasteiger partial charge in [-0.25, -0.2) is 4.98 Å². The number of carbonyl (C=O) groups excluding carboxylic acids is 2. The number of pyridine rings is 1. The summed E-state index contributed by atoms with van der Waals surface area (Å²) in [6.07, 6.45) is 3.02. The molecule has 0 radical (unpaired) electrons. The fourth-order valence-corrected chi connectivity index (χ4v) is 3.92. The highest BCUT2D eigenvalue weighted by molar-refractivity contribution is 8.13. The highest BCUT2D eigenvalue weighted by atomic mass is 32.2. The lowest BCUT2D eigenvalue weighted by molar-refractivity contribution is -0.124. The number of carbonyl (C=O) groups is 2. The van der Waals surface area contributed by atoms with E-state index in [-0.39, 0.29) is 16.8 Å². The van der Waals surface area contributed by atoms with Gasteiger partial charge in [-0.05, 0) is 37.7 Å². The largest absolute Gasteiger partial charge is 0.368 e. The zero-order valence-corrected chi connectivity index (χ0v) is 15.5. The lowest BCUT2D eigenvalue weighted by Gasteiger charge is -2.41. The first kappa shape index (κ1) is 18.4. The maximum atomic E-state index is 12.8. The molecule has 2 amide bonds. The Balaban J connectivity index is 1.85. The molecule has 1 unspecified atom stereocenters. The summed E-state index contributed by atoms with van der Waals surface area (Å²) in [5.41, 5.74) is 5.73. The fraction of sp³-hybridized carbons (Fsp3) is 0.412. The van der Waals surface area contributed by atoms with Gasteiger partial charge in [0, 0.05) is 44.1 Å². The van der Waals surface area contributed by atoms with Gasteiger partial charge in [0.05, 0.1) is 4.90 Å². The number of hydrogen-bond acceptors (Lipinski definition) is 6. The third-order valence-electron chi connectivity index (χ3n) is 4.48. The molecular formula is C17H21N5O3S. The zero-order valence-electron chi connectivity index (χ0n) is 14.7. The van der Waals surface area contributed by atoms with Gasteiger partial charge in [-0.15, -0.1) is 0 Å². The van der Waals surface area contributed by atoms with Gasteiger partial charge in [-0.3, -0.25) is 23.7 Å². The fourth-order valence-electron chi connectivity index (χ4n) is 3.00. The summed E-state index contributed by atoms with van der Waals surface area (Å²) in [7, 11) is 0. The normalized spacial score (nSPS) is 18.4. The maximum absolute atomic E-state index is 12.8. The van der Waals surface area contributed by atoms with E-state index in [1.165, 1.54) is 21.6 Å². The molecule has 0 bridgehead atoms. The van der Waals surface area contributed by atoms with Gasteiger partial charge in [-0.2, -0.15) is 0 Å². The predicted molar refractivity (Wildman–Crippen MR) is 99.1 cm³/mol. The molecule has 1 aliphatic heterocycles. The van der Waals surface area contributed by atoms with Crippen molar-refractivity contribution in [3.8, 4) is 0 Å². The van der Waals surface area contributed by atoms with E-state index in [0.717, 1.165) is 11.8 Å². The minimum atomic E-state index is -0.670. The van der Waals surface area contributed by atoms with E-state index in [2.05, 4.69) is 9.88 Å². The van der Waals surface area contributed by atoms with Crippen molar-refractivity contribution in [1.82, 2.24) is 19.2 Å². The molecule has 0 aromatic carbocycles. The second-order valence-corrected chi connectivity index (χ2v) is 7.41. The average Bonchev–Trinajstić information content (AvgIpc) is 2.62. The Morgan fingerprint density at radius 2 is 2.08 bits per heavy atom. The number of aromatic nitrogens is 2. The molecule has 138 valence electrons. The van der Waals surface area contributed by atoms with E-state index >= 15 is 0 Å². The predicted octanol–water partition coefficient (Wildman–Crippen LogP) is 0.787. The Hall–Kier alpha value is -2.39. The molecule has 1 atom stereocenters. The molecule has 2 N–H and O–H groups in total. The third-order valence-corrected chi connectivity index (χ3v) is 5.43. The molecule has 0 saturated carbocycles. The molecular weight excluding hydrogens is 354 g/mol. The van der Waals surface area contributed by atoms with Crippen molar-refractivity contribution in [3.63, 3.8) is 0 Å². The summed E-state index contributed by atoms with van der Waals surface area (Å²) in [6.45, 7) is 5.62. The average molecular weight is 375 g/mol. The molecule has 2 aromatic rings. The molecule has 2 aromatic heterocycles. The Kier molecular flexibility index (Phi) is 5.28. The van der Waals surface area contributed by atoms with Crippen LogP contribution in [0.2, 0.25) is 0 Å². The van der Waals surface area contributed by atoms with Crippen LogP contribution in [0.3, 0.4) is 0 Å². The van der Waals surface area contributed by atoms with Crippen molar-refractivity contribution >= 4 is 28.6 Å². The smallest absolute Gasteiger partial charge is 0.287 e. The van der Waals surface area contributed by atoms with E-state index < -0.39 is 11.9 Å². The second-order valence-electron chi connectivity index (χ2n) is 6.42. The Labute approximate surface area is 155 Å². The molecule has 1 aliphatic rings. The quantitative estimate of drug-likeness (QED) is 0.796. The van der Waals surface area contributed by atoms with Crippen molar-refractivity contribution < 1.29 is 9.59 Å². The summed E-state index contributed by atoms with van der Waals surface area (Å²) in [4.78, 5) is 45.0. The van der Waals surface area contributed by atoms with Crippen LogP contribution in [0, 0.1) is 0 Å². The van der Waals surface area contributed by atoms with Crippen molar-refractivity contribution in [2.75, 3.05) is 19.6 Å². The third kappa shape index (κ3) is 3.58. The summed E-state index contributed by atoms with van der Waals surface area (Å²) in [5.74, 6) is -0.517. The summed E-state index contributed by atoms with van der Waals surface area (Å²) >= 11 is 0.958. The number of piperazine rings is 1. The van der Waals surface area contributed by atoms with Crippen LogP contribution in [0.25, 0.3) is 5.65 Å². The molecule has 3 heterocycles. The van der Waals surface area contributed by atoms with Gasteiger partial charge in [0.1, 0.15) is 6.04 Å². The van der Waals surface area contributed by atoms with Gasteiger partial charge < -0.3 is 10.6 Å². The van der Waals surface area contributed by atoms with E-state index in [4.69, 9.17) is 5.73 Å². The highest BCUT2D eigenvalue weighted by Gasteiger charge is 2.35. The maximum Gasteiger partial charge on any atom is 0.287 e. The monoisotopic (exact) mass is 375 g/mol. The molecule has 8 nitrogen and oxygen atoms in total. The first-order valence-electron chi connectivity index (χ1n) is 8.36. The number of thioether (sulfide) groups is 1. The van der Waals surface area contributed by atoms with Gasteiger partial charge in [0.15, 0.2) is 5.65 Å². The van der Waals surface area contributed by atoms with Crippen LogP contribution < -0.4 is 11.3 Å². The van der Waals surface area contributed by atoms with Crippen molar-refractivity contribution in [2.24, 2.45) is 5.73 Å². The standard InChI is InChI=1S/C17H21N5O3S/c1-11(2)20-8-9-21(12(10-20)15(18)24)17(25)26-13-4-3-7-22-14(23)5-6-19-16(13)22/h3-7,11-12H,8-10H2,1-2H3,(H2,18,24). The lowest BCUT2D eigenvalue weighted by atomic mass is 10.1. The number of nitrogens with zero attached hydrogens (tertiary/aromatic N) is 4. The number of nitrogens with two attached hydrogens (primary N) is 1. The zero-order chi connectivity index (χ0) is 18.8. The lowest BCUT2D eigenvalue weighted by Crippen LogP contribution is -2.60.